The van der Waals surface area contributed by atoms with Crippen LogP contribution >= 0.6 is 11.6 Å². The minimum atomic E-state index is -3.85. The molecule has 0 amide bonds. The van der Waals surface area contributed by atoms with E-state index >= 15 is 0 Å². The van der Waals surface area contributed by atoms with Crippen molar-refractivity contribution in [3.63, 3.8) is 0 Å². The summed E-state index contributed by atoms with van der Waals surface area (Å²) in [5, 5.41) is 0.443. The fraction of sp³-hybridized carbons (Fsp3) is 0.188. The summed E-state index contributed by atoms with van der Waals surface area (Å²) < 4.78 is 28.1. The molecule has 23 heavy (non-hydrogen) atoms. The van der Waals surface area contributed by atoms with Gasteiger partial charge in [-0.05, 0) is 62.8 Å². The summed E-state index contributed by atoms with van der Waals surface area (Å²) in [6.07, 6.45) is 2.96. The number of carbonyl (C=O) groups is 1. The Bertz CT molecular complexity index is 876. The van der Waals surface area contributed by atoms with Crippen molar-refractivity contribution in [1.29, 1.82) is 0 Å². The van der Waals surface area contributed by atoms with Gasteiger partial charge < -0.3 is 0 Å². The monoisotopic (exact) mass is 350 g/mol. The Morgan fingerprint density at radius 3 is 2.26 bits per heavy atom. The number of sulfonamides is 1. The highest BCUT2D eigenvalue weighted by Crippen LogP contribution is 2.17. The number of rotatable bonds is 2. The molecule has 0 fully saturated rings. The molecule has 1 aliphatic carbocycles. The van der Waals surface area contributed by atoms with E-state index in [4.69, 9.17) is 11.6 Å². The predicted molar refractivity (Wildman–Crippen MR) is 91.7 cm³/mol. The first-order chi connectivity index (χ1) is 10.7. The highest BCUT2D eigenvalue weighted by Gasteiger charge is 2.16. The van der Waals surface area contributed by atoms with Gasteiger partial charge in [0.2, 0.25) is 0 Å². The molecule has 0 heterocycles. The summed E-state index contributed by atoms with van der Waals surface area (Å²) in [6, 6.07) is 5.74. The van der Waals surface area contributed by atoms with Crippen molar-refractivity contribution >= 4 is 39.0 Å². The molecule has 0 spiro atoms. The quantitative estimate of drug-likeness (QED) is 0.466. The average molecular weight is 351 g/mol. The maximum absolute atomic E-state index is 12.2. The van der Waals surface area contributed by atoms with E-state index in [9.17, 15) is 13.2 Å². The maximum atomic E-state index is 12.2. The van der Waals surface area contributed by atoms with E-state index in [0.29, 0.717) is 21.9 Å². The normalized spacial score (nSPS) is 18.0. The Hall–Kier alpha value is -2.05. The molecule has 0 unspecified atom stereocenters. The number of amidine groups is 1. The summed E-state index contributed by atoms with van der Waals surface area (Å²) in [7, 11) is -3.85. The summed E-state index contributed by atoms with van der Waals surface area (Å²) in [4.78, 5) is 15.8. The molecule has 0 radical (unpaired) electrons. The molecule has 0 aromatic heterocycles. The molecule has 0 saturated carbocycles. The number of hydrogen-bond donors (Lipinski definition) is 0. The van der Waals surface area contributed by atoms with Gasteiger partial charge in [0.15, 0.2) is 5.78 Å². The second-order valence-electron chi connectivity index (χ2n) is 5.01. The predicted octanol–water partition coefficient (Wildman–Crippen LogP) is 3.36. The molecule has 120 valence electrons. The fourth-order valence-electron chi connectivity index (χ4n) is 1.93. The van der Waals surface area contributed by atoms with Gasteiger partial charge in [-0.1, -0.05) is 11.6 Å². The van der Waals surface area contributed by atoms with Crippen molar-refractivity contribution in [3.05, 3.63) is 52.6 Å². The second kappa shape index (κ2) is 6.60. The zero-order valence-electron chi connectivity index (χ0n) is 12.9. The summed E-state index contributed by atoms with van der Waals surface area (Å²) in [5.74, 6) is 0.00549. The average Bonchev–Trinajstić information content (AvgIpc) is 2.48. The van der Waals surface area contributed by atoms with Crippen LogP contribution in [0, 0.1) is 0 Å². The molecule has 1 aliphatic rings. The van der Waals surface area contributed by atoms with Crippen LogP contribution in [0.3, 0.4) is 0 Å². The molecule has 2 rings (SSSR count). The highest BCUT2D eigenvalue weighted by molar-refractivity contribution is 7.90. The van der Waals surface area contributed by atoms with Crippen LogP contribution in [-0.4, -0.2) is 25.7 Å². The lowest BCUT2D eigenvalue weighted by Crippen LogP contribution is -2.12. The van der Waals surface area contributed by atoms with Gasteiger partial charge >= 0.3 is 0 Å². The molecule has 0 aliphatic heterocycles. The molecule has 7 heteroatoms. The molecule has 1 aromatic rings. The molecule has 0 N–H and O–H groups in total. The molecule has 0 atom stereocenters. The van der Waals surface area contributed by atoms with Crippen LogP contribution in [0.15, 0.2) is 61.8 Å². The highest BCUT2D eigenvalue weighted by atomic mass is 35.5. The third-order valence-electron chi connectivity index (χ3n) is 3.35. The Labute approximate surface area is 140 Å². The first-order valence-electron chi connectivity index (χ1n) is 6.77. The van der Waals surface area contributed by atoms with Crippen molar-refractivity contribution in [2.75, 3.05) is 0 Å². The minimum absolute atomic E-state index is 0.0410. The summed E-state index contributed by atoms with van der Waals surface area (Å²) >= 11 is 5.75. The molecule has 0 saturated heterocycles. The lowest BCUT2D eigenvalue weighted by molar-refractivity contribution is -0.111. The van der Waals surface area contributed by atoms with E-state index in [1.807, 2.05) is 0 Å². The van der Waals surface area contributed by atoms with Gasteiger partial charge in [-0.3, -0.25) is 4.79 Å². The first kappa shape index (κ1) is 17.3. The minimum Gasteiger partial charge on any atom is -0.290 e. The van der Waals surface area contributed by atoms with E-state index in [2.05, 4.69) is 9.39 Å². The van der Waals surface area contributed by atoms with Gasteiger partial charge in [0.05, 0.1) is 10.6 Å². The van der Waals surface area contributed by atoms with Crippen LogP contribution < -0.4 is 0 Å². The second-order valence-corrected chi connectivity index (χ2v) is 7.05. The standard InChI is InChI=1S/C16H15ClN2O3S/c1-10-11(2)16(20)9-8-15(10)18-12(3)19-23(21,22)14-6-4-13(17)5-7-14/h4-9H,1-3H3. The first-order valence-corrected chi connectivity index (χ1v) is 8.58. The zero-order valence-corrected chi connectivity index (χ0v) is 14.4. The number of allylic oxidation sites excluding steroid dienone is 4. The van der Waals surface area contributed by atoms with Crippen molar-refractivity contribution in [2.24, 2.45) is 9.39 Å². The van der Waals surface area contributed by atoms with E-state index in [-0.39, 0.29) is 16.5 Å². The van der Waals surface area contributed by atoms with Crippen LogP contribution in [0.2, 0.25) is 5.02 Å². The number of aliphatic imine (C=N–C) groups is 1. The third-order valence-corrected chi connectivity index (χ3v) is 4.98. The van der Waals surface area contributed by atoms with Crippen LogP contribution in [0.25, 0.3) is 0 Å². The number of carbonyl (C=O) groups excluding carboxylic acids is 1. The molecular weight excluding hydrogens is 336 g/mol. The van der Waals surface area contributed by atoms with Crippen LogP contribution in [0.4, 0.5) is 0 Å². The number of hydrogen-bond acceptors (Lipinski definition) is 3. The molecule has 5 nitrogen and oxygen atoms in total. The van der Waals surface area contributed by atoms with Gasteiger partial charge in [-0.15, -0.1) is 4.40 Å². The Balaban J connectivity index is 2.37. The Morgan fingerprint density at radius 2 is 1.65 bits per heavy atom. The van der Waals surface area contributed by atoms with Gasteiger partial charge in [0.25, 0.3) is 10.0 Å². The van der Waals surface area contributed by atoms with Gasteiger partial charge in [-0.25, -0.2) is 4.99 Å². The largest absolute Gasteiger partial charge is 0.290 e. The van der Waals surface area contributed by atoms with Crippen molar-refractivity contribution < 1.29 is 13.2 Å². The van der Waals surface area contributed by atoms with E-state index in [1.165, 1.54) is 37.3 Å². The number of nitrogens with zero attached hydrogens (tertiary/aromatic N) is 2. The topological polar surface area (TPSA) is 75.9 Å². The maximum Gasteiger partial charge on any atom is 0.283 e. The van der Waals surface area contributed by atoms with Crippen LogP contribution in [-0.2, 0) is 14.8 Å². The number of ketones is 1. The third kappa shape index (κ3) is 4.03. The van der Waals surface area contributed by atoms with Crippen molar-refractivity contribution in [2.45, 2.75) is 25.7 Å². The van der Waals surface area contributed by atoms with Crippen LogP contribution in [0.1, 0.15) is 20.8 Å². The lowest BCUT2D eigenvalue weighted by atomic mass is 9.97. The van der Waals surface area contributed by atoms with Gasteiger partial charge in [0.1, 0.15) is 5.84 Å². The lowest BCUT2D eigenvalue weighted by Gasteiger charge is -2.10. The van der Waals surface area contributed by atoms with E-state index in [0.717, 1.165) is 0 Å². The summed E-state index contributed by atoms with van der Waals surface area (Å²) in [6.45, 7) is 4.96. The van der Waals surface area contributed by atoms with Gasteiger partial charge in [-0.2, -0.15) is 8.42 Å². The van der Waals surface area contributed by atoms with Crippen molar-refractivity contribution in [1.82, 2.24) is 0 Å². The molecular formula is C16H15ClN2O3S. The van der Waals surface area contributed by atoms with Crippen LogP contribution in [0.5, 0.6) is 0 Å². The molecule has 0 bridgehead atoms. The summed E-state index contributed by atoms with van der Waals surface area (Å²) in [5.41, 5.74) is 1.81. The fourth-order valence-corrected chi connectivity index (χ4v) is 3.03. The smallest absolute Gasteiger partial charge is 0.283 e. The SMILES string of the molecule is CC(=NS(=O)(=O)c1ccc(Cl)cc1)N=C1C=CC(=O)C(C)=C1C. The number of benzene rings is 1. The van der Waals surface area contributed by atoms with E-state index in [1.54, 1.807) is 19.9 Å². The van der Waals surface area contributed by atoms with E-state index < -0.39 is 10.0 Å². The van der Waals surface area contributed by atoms with Gasteiger partial charge in [0, 0.05) is 10.6 Å². The zero-order chi connectivity index (χ0) is 17.2. The Kier molecular flexibility index (Phi) is 4.97. The Morgan fingerprint density at radius 1 is 1.04 bits per heavy atom. The number of halogens is 1. The van der Waals surface area contributed by atoms with Crippen molar-refractivity contribution in [3.8, 4) is 0 Å². The molecule has 1 aromatic carbocycles.